The van der Waals surface area contributed by atoms with Crippen LogP contribution < -0.4 is 5.32 Å². The molecule has 0 saturated carbocycles. The highest BCUT2D eigenvalue weighted by Gasteiger charge is 2.33. The summed E-state index contributed by atoms with van der Waals surface area (Å²) in [5.74, 6) is -0.206. The Balaban J connectivity index is 1.78. The molecule has 5 heteroatoms. The van der Waals surface area contributed by atoms with Crippen molar-refractivity contribution in [2.45, 2.75) is 44.6 Å². The lowest BCUT2D eigenvalue weighted by Crippen LogP contribution is -2.40. The summed E-state index contributed by atoms with van der Waals surface area (Å²) in [6.07, 6.45) is 5.10. The van der Waals surface area contributed by atoms with Gasteiger partial charge in [-0.05, 0) is 51.1 Å². The summed E-state index contributed by atoms with van der Waals surface area (Å²) in [7, 11) is 0. The number of aliphatic carboxylic acids is 1. The van der Waals surface area contributed by atoms with Crippen molar-refractivity contribution in [3.63, 3.8) is 0 Å². The highest BCUT2D eigenvalue weighted by Crippen LogP contribution is 2.22. The van der Waals surface area contributed by atoms with Crippen molar-refractivity contribution in [2.75, 3.05) is 19.6 Å². The summed E-state index contributed by atoms with van der Waals surface area (Å²) in [6.45, 7) is 2.70. The van der Waals surface area contributed by atoms with E-state index >= 15 is 0 Å². The molecule has 0 aromatic heterocycles. The summed E-state index contributed by atoms with van der Waals surface area (Å²) in [5.41, 5.74) is 0. The maximum Gasteiger partial charge on any atom is 0.326 e. The van der Waals surface area contributed by atoms with Crippen LogP contribution in [0.25, 0.3) is 0 Å². The third-order valence-corrected chi connectivity index (χ3v) is 4.08. The van der Waals surface area contributed by atoms with E-state index in [9.17, 15) is 9.59 Å². The largest absolute Gasteiger partial charge is 0.480 e. The quantitative estimate of drug-likeness (QED) is 0.780. The lowest BCUT2D eigenvalue weighted by Gasteiger charge is -2.25. The predicted octanol–water partition coefficient (Wildman–Crippen LogP) is 0.842. The fourth-order valence-corrected chi connectivity index (χ4v) is 2.96. The molecule has 18 heavy (non-hydrogen) atoms. The number of likely N-dealkylation sites (tertiary alicyclic amines) is 1. The molecule has 0 aliphatic carbocycles. The van der Waals surface area contributed by atoms with Crippen molar-refractivity contribution in [2.24, 2.45) is 5.92 Å². The van der Waals surface area contributed by atoms with Crippen molar-refractivity contribution < 1.29 is 14.7 Å². The highest BCUT2D eigenvalue weighted by molar-refractivity contribution is 5.84. The van der Waals surface area contributed by atoms with Crippen LogP contribution in [0.4, 0.5) is 0 Å². The van der Waals surface area contributed by atoms with Crippen LogP contribution in [0.2, 0.25) is 0 Å². The minimum Gasteiger partial charge on any atom is -0.480 e. The molecular weight excluding hydrogens is 232 g/mol. The molecule has 102 valence electrons. The second-order valence-electron chi connectivity index (χ2n) is 5.32. The van der Waals surface area contributed by atoms with Gasteiger partial charge in [-0.1, -0.05) is 0 Å². The molecule has 1 amide bonds. The van der Waals surface area contributed by atoms with Crippen molar-refractivity contribution >= 4 is 11.9 Å². The van der Waals surface area contributed by atoms with Crippen LogP contribution in [-0.2, 0) is 9.59 Å². The smallest absolute Gasteiger partial charge is 0.326 e. The number of nitrogens with zero attached hydrogens (tertiary/aromatic N) is 1. The highest BCUT2D eigenvalue weighted by atomic mass is 16.4. The number of rotatable bonds is 4. The number of carbonyl (C=O) groups is 2. The summed E-state index contributed by atoms with van der Waals surface area (Å²) in [6, 6.07) is -0.578. The zero-order valence-corrected chi connectivity index (χ0v) is 10.7. The first kappa shape index (κ1) is 13.3. The van der Waals surface area contributed by atoms with Crippen molar-refractivity contribution in [1.82, 2.24) is 10.2 Å². The monoisotopic (exact) mass is 254 g/mol. The third kappa shape index (κ3) is 3.22. The zero-order valence-electron chi connectivity index (χ0n) is 10.7. The van der Waals surface area contributed by atoms with Gasteiger partial charge in [-0.3, -0.25) is 4.79 Å². The number of piperidine rings is 1. The van der Waals surface area contributed by atoms with Crippen LogP contribution >= 0.6 is 0 Å². The minimum absolute atomic E-state index is 0.0263. The number of nitrogens with one attached hydrogen (secondary N) is 1. The molecule has 2 aliphatic heterocycles. The van der Waals surface area contributed by atoms with E-state index in [0.29, 0.717) is 25.3 Å². The molecular formula is C13H22N2O3. The molecule has 2 saturated heterocycles. The molecule has 0 radical (unpaired) electrons. The average Bonchev–Trinajstić information content (AvgIpc) is 2.86. The van der Waals surface area contributed by atoms with Crippen LogP contribution in [0, 0.1) is 5.92 Å². The van der Waals surface area contributed by atoms with Crippen LogP contribution in [-0.4, -0.2) is 47.6 Å². The van der Waals surface area contributed by atoms with Crippen LogP contribution in [0.15, 0.2) is 0 Å². The molecule has 2 N–H and O–H groups in total. The van der Waals surface area contributed by atoms with Gasteiger partial charge in [0.1, 0.15) is 6.04 Å². The molecule has 1 atom stereocenters. The zero-order chi connectivity index (χ0) is 13.0. The molecule has 0 aromatic rings. The topological polar surface area (TPSA) is 69.6 Å². The number of carbonyl (C=O) groups excluding carboxylic acids is 1. The SMILES string of the molecule is O=C(O)[C@H]1CCCN1C(=O)CCC1CCNCC1. The Hall–Kier alpha value is -1.10. The first-order chi connectivity index (χ1) is 8.68. The number of hydrogen-bond acceptors (Lipinski definition) is 3. The van der Waals surface area contributed by atoms with Gasteiger partial charge in [0.2, 0.25) is 5.91 Å². The molecule has 2 heterocycles. The van der Waals surface area contributed by atoms with E-state index in [1.54, 1.807) is 4.90 Å². The van der Waals surface area contributed by atoms with Crippen molar-refractivity contribution in [3.8, 4) is 0 Å². The lowest BCUT2D eigenvalue weighted by molar-refractivity contribution is -0.148. The van der Waals surface area contributed by atoms with Gasteiger partial charge in [0.25, 0.3) is 0 Å². The average molecular weight is 254 g/mol. The van der Waals surface area contributed by atoms with E-state index in [-0.39, 0.29) is 5.91 Å². The Bertz CT molecular complexity index is 313. The van der Waals surface area contributed by atoms with Gasteiger partial charge in [0, 0.05) is 13.0 Å². The number of hydrogen-bond donors (Lipinski definition) is 2. The van der Waals surface area contributed by atoms with E-state index in [2.05, 4.69) is 5.32 Å². The Kier molecular flexibility index (Phi) is 4.58. The Labute approximate surface area is 108 Å². The Morgan fingerprint density at radius 2 is 1.94 bits per heavy atom. The first-order valence-electron chi connectivity index (χ1n) is 6.91. The Morgan fingerprint density at radius 1 is 1.22 bits per heavy atom. The normalized spacial score (nSPS) is 25.3. The molecule has 0 bridgehead atoms. The molecule has 0 spiro atoms. The lowest BCUT2D eigenvalue weighted by atomic mass is 9.93. The number of amides is 1. The minimum atomic E-state index is -0.859. The number of carboxylic acid groups (broad SMARTS) is 1. The van der Waals surface area contributed by atoms with E-state index in [4.69, 9.17) is 5.11 Å². The molecule has 2 aliphatic rings. The number of carboxylic acids is 1. The van der Waals surface area contributed by atoms with Gasteiger partial charge in [-0.2, -0.15) is 0 Å². The van der Waals surface area contributed by atoms with Gasteiger partial charge in [-0.15, -0.1) is 0 Å². The van der Waals surface area contributed by atoms with Crippen LogP contribution in [0.1, 0.15) is 38.5 Å². The first-order valence-corrected chi connectivity index (χ1v) is 6.91. The summed E-state index contributed by atoms with van der Waals surface area (Å²) in [5, 5.41) is 12.4. The van der Waals surface area contributed by atoms with Gasteiger partial charge >= 0.3 is 5.97 Å². The van der Waals surface area contributed by atoms with Crippen LogP contribution in [0.3, 0.4) is 0 Å². The molecule has 0 unspecified atom stereocenters. The van der Waals surface area contributed by atoms with Gasteiger partial charge in [0.05, 0.1) is 0 Å². The van der Waals surface area contributed by atoms with Gasteiger partial charge in [0.15, 0.2) is 0 Å². The predicted molar refractivity (Wildman–Crippen MR) is 67.2 cm³/mol. The van der Waals surface area contributed by atoms with E-state index in [1.807, 2.05) is 0 Å². The third-order valence-electron chi connectivity index (χ3n) is 4.08. The van der Waals surface area contributed by atoms with E-state index < -0.39 is 12.0 Å². The van der Waals surface area contributed by atoms with Crippen molar-refractivity contribution in [1.29, 1.82) is 0 Å². The van der Waals surface area contributed by atoms with E-state index in [0.717, 1.165) is 38.8 Å². The van der Waals surface area contributed by atoms with E-state index in [1.165, 1.54) is 0 Å². The molecule has 2 fully saturated rings. The molecule has 0 aromatic carbocycles. The van der Waals surface area contributed by atoms with Crippen molar-refractivity contribution in [3.05, 3.63) is 0 Å². The fourth-order valence-electron chi connectivity index (χ4n) is 2.96. The fraction of sp³-hybridized carbons (Fsp3) is 0.846. The maximum absolute atomic E-state index is 12.0. The standard InChI is InChI=1S/C13H22N2O3/c16-12(4-3-10-5-7-14-8-6-10)15-9-1-2-11(15)13(17)18/h10-11,14H,1-9H2,(H,17,18)/t11-/m1/s1. The van der Waals surface area contributed by atoms with Crippen LogP contribution in [0.5, 0.6) is 0 Å². The second-order valence-corrected chi connectivity index (χ2v) is 5.32. The summed E-state index contributed by atoms with van der Waals surface area (Å²) in [4.78, 5) is 24.6. The van der Waals surface area contributed by atoms with Gasteiger partial charge < -0.3 is 15.3 Å². The molecule has 5 nitrogen and oxygen atoms in total. The molecule has 2 rings (SSSR count). The second kappa shape index (κ2) is 6.18. The summed E-state index contributed by atoms with van der Waals surface area (Å²) < 4.78 is 0. The Morgan fingerprint density at radius 3 is 2.61 bits per heavy atom. The maximum atomic E-state index is 12.0. The summed E-state index contributed by atoms with van der Waals surface area (Å²) >= 11 is 0. The van der Waals surface area contributed by atoms with Gasteiger partial charge in [-0.25, -0.2) is 4.79 Å².